The van der Waals surface area contributed by atoms with Gasteiger partial charge < -0.3 is 9.84 Å². The molecule has 1 heterocycles. The van der Waals surface area contributed by atoms with Crippen molar-refractivity contribution in [3.63, 3.8) is 0 Å². The van der Waals surface area contributed by atoms with E-state index in [2.05, 4.69) is 5.10 Å². The first-order chi connectivity index (χ1) is 8.39. The minimum atomic E-state index is -4.27. The predicted octanol–water partition coefficient (Wildman–Crippen LogP) is 2.68. The molecule has 0 radical (unpaired) electrons. The Labute approximate surface area is 103 Å². The fourth-order valence-electron chi connectivity index (χ4n) is 1.70. The molecule has 0 saturated carbocycles. The Morgan fingerprint density at radius 1 is 1.50 bits per heavy atom. The monoisotopic (exact) mass is 266 g/mol. The van der Waals surface area contributed by atoms with Crippen LogP contribution in [-0.2, 0) is 6.54 Å². The molecule has 0 spiro atoms. The van der Waals surface area contributed by atoms with Crippen LogP contribution in [0, 0.1) is 0 Å². The fraction of sp³-hybridized carbons (Fsp3) is 0.727. The molecule has 0 aliphatic rings. The highest BCUT2D eigenvalue weighted by molar-refractivity contribution is 5.27. The maximum atomic E-state index is 12.1. The Hall–Kier alpha value is -1.24. The summed E-state index contributed by atoms with van der Waals surface area (Å²) in [5, 5.41) is 13.8. The summed E-state index contributed by atoms with van der Waals surface area (Å²) >= 11 is 0. The molecule has 0 saturated heterocycles. The Kier molecular flexibility index (Phi) is 5.01. The van der Waals surface area contributed by atoms with Gasteiger partial charge in [0.15, 0.2) is 5.75 Å². The van der Waals surface area contributed by atoms with Gasteiger partial charge in [0.05, 0.1) is 19.4 Å². The highest BCUT2D eigenvalue weighted by atomic mass is 19.4. The molecule has 0 aliphatic carbocycles. The third-order valence-electron chi connectivity index (χ3n) is 2.52. The van der Waals surface area contributed by atoms with E-state index in [-0.39, 0.29) is 0 Å². The first-order valence-electron chi connectivity index (χ1n) is 5.73. The number of rotatable bonds is 6. The van der Waals surface area contributed by atoms with Gasteiger partial charge in [-0.15, -0.1) is 0 Å². The van der Waals surface area contributed by atoms with Crippen LogP contribution in [0.2, 0.25) is 0 Å². The van der Waals surface area contributed by atoms with Crippen LogP contribution < -0.4 is 4.74 Å². The first-order valence-corrected chi connectivity index (χ1v) is 5.73. The van der Waals surface area contributed by atoms with Gasteiger partial charge in [-0.3, -0.25) is 4.68 Å². The minimum absolute atomic E-state index is 0.309. The van der Waals surface area contributed by atoms with Crippen LogP contribution in [-0.4, -0.2) is 28.2 Å². The van der Waals surface area contributed by atoms with E-state index in [1.54, 1.807) is 0 Å². The second kappa shape index (κ2) is 6.08. The standard InChI is InChI=1S/C11H17F3N2O2/c1-3-6-16-10(9(18-2)7-15-16)8(17)4-5-11(12,13)14/h7-8,17H,3-6H2,1-2H3. The number of methoxy groups -OCH3 is 1. The van der Waals surface area contributed by atoms with Gasteiger partial charge in [-0.1, -0.05) is 6.92 Å². The average molecular weight is 266 g/mol. The van der Waals surface area contributed by atoms with Gasteiger partial charge in [0.1, 0.15) is 5.69 Å². The second-order valence-electron chi connectivity index (χ2n) is 3.99. The summed E-state index contributed by atoms with van der Waals surface area (Å²) in [5.41, 5.74) is 0.309. The number of halogens is 3. The smallest absolute Gasteiger partial charge is 0.389 e. The van der Waals surface area contributed by atoms with Crippen LogP contribution in [0.4, 0.5) is 13.2 Å². The summed E-state index contributed by atoms with van der Waals surface area (Å²) in [6.07, 6.45) is -4.75. The number of hydrogen-bond acceptors (Lipinski definition) is 3. The number of aryl methyl sites for hydroxylation is 1. The molecule has 7 heteroatoms. The summed E-state index contributed by atoms with van der Waals surface area (Å²) in [5.74, 6) is 0.318. The van der Waals surface area contributed by atoms with Gasteiger partial charge in [0.25, 0.3) is 0 Å². The summed E-state index contributed by atoms with van der Waals surface area (Å²) in [6.45, 7) is 2.45. The van der Waals surface area contributed by atoms with Crippen molar-refractivity contribution in [1.29, 1.82) is 0 Å². The molecule has 1 N–H and O–H groups in total. The van der Waals surface area contributed by atoms with Crippen LogP contribution in [0.15, 0.2) is 6.20 Å². The van der Waals surface area contributed by atoms with Crippen molar-refractivity contribution in [3.05, 3.63) is 11.9 Å². The van der Waals surface area contributed by atoms with E-state index in [1.165, 1.54) is 18.0 Å². The van der Waals surface area contributed by atoms with Crippen molar-refractivity contribution in [2.24, 2.45) is 0 Å². The Balaban J connectivity index is 2.82. The number of aliphatic hydroxyl groups excluding tert-OH is 1. The lowest BCUT2D eigenvalue weighted by molar-refractivity contribution is -0.140. The zero-order valence-corrected chi connectivity index (χ0v) is 10.4. The summed E-state index contributed by atoms with van der Waals surface area (Å²) in [4.78, 5) is 0. The van der Waals surface area contributed by atoms with Crippen LogP contribution >= 0.6 is 0 Å². The van der Waals surface area contributed by atoms with Crippen LogP contribution in [0.3, 0.4) is 0 Å². The molecule has 0 aromatic carbocycles. The molecule has 104 valence electrons. The van der Waals surface area contributed by atoms with E-state index in [9.17, 15) is 18.3 Å². The minimum Gasteiger partial charge on any atom is -0.493 e. The molecule has 1 aromatic heterocycles. The highest BCUT2D eigenvalue weighted by Crippen LogP contribution is 2.31. The number of aromatic nitrogens is 2. The number of alkyl halides is 3. The quantitative estimate of drug-likeness (QED) is 0.861. The molecule has 4 nitrogen and oxygen atoms in total. The molecule has 1 aromatic rings. The van der Waals surface area contributed by atoms with E-state index in [0.29, 0.717) is 18.0 Å². The molecule has 18 heavy (non-hydrogen) atoms. The second-order valence-corrected chi connectivity index (χ2v) is 3.99. The Bertz CT molecular complexity index is 377. The Morgan fingerprint density at radius 2 is 2.17 bits per heavy atom. The molecule has 0 amide bonds. The first kappa shape index (κ1) is 14.8. The summed E-state index contributed by atoms with van der Waals surface area (Å²) < 4.78 is 42.9. The third kappa shape index (κ3) is 3.90. The number of aliphatic hydroxyl groups is 1. The maximum Gasteiger partial charge on any atom is 0.389 e. The van der Waals surface area contributed by atoms with E-state index in [4.69, 9.17) is 4.74 Å². The number of hydrogen-bond donors (Lipinski definition) is 1. The van der Waals surface area contributed by atoms with Crippen molar-refractivity contribution in [2.75, 3.05) is 7.11 Å². The topological polar surface area (TPSA) is 47.3 Å². The molecular formula is C11H17F3N2O2. The van der Waals surface area contributed by atoms with E-state index < -0.39 is 25.1 Å². The lowest BCUT2D eigenvalue weighted by Crippen LogP contribution is -2.14. The van der Waals surface area contributed by atoms with Crippen LogP contribution in [0.25, 0.3) is 0 Å². The van der Waals surface area contributed by atoms with Crippen molar-refractivity contribution in [1.82, 2.24) is 9.78 Å². The molecular weight excluding hydrogens is 249 g/mol. The summed E-state index contributed by atoms with van der Waals surface area (Å²) in [7, 11) is 1.40. The zero-order chi connectivity index (χ0) is 13.8. The van der Waals surface area contributed by atoms with Crippen molar-refractivity contribution in [3.8, 4) is 5.75 Å². The van der Waals surface area contributed by atoms with Gasteiger partial charge >= 0.3 is 6.18 Å². The lowest BCUT2D eigenvalue weighted by atomic mass is 10.1. The van der Waals surface area contributed by atoms with Crippen LogP contribution in [0.1, 0.15) is 38.0 Å². The fourth-order valence-corrected chi connectivity index (χ4v) is 1.70. The largest absolute Gasteiger partial charge is 0.493 e. The van der Waals surface area contributed by atoms with Crippen molar-refractivity contribution < 1.29 is 23.0 Å². The molecule has 1 unspecified atom stereocenters. The van der Waals surface area contributed by atoms with E-state index >= 15 is 0 Å². The zero-order valence-electron chi connectivity index (χ0n) is 10.4. The van der Waals surface area contributed by atoms with Gasteiger partial charge in [-0.05, 0) is 12.8 Å². The number of ether oxygens (including phenoxy) is 1. The van der Waals surface area contributed by atoms with Crippen LogP contribution in [0.5, 0.6) is 5.75 Å². The summed E-state index contributed by atoms with van der Waals surface area (Å²) in [6, 6.07) is 0. The lowest BCUT2D eigenvalue weighted by Gasteiger charge is -2.15. The molecule has 1 atom stereocenters. The SMILES string of the molecule is CCCn1ncc(OC)c1C(O)CCC(F)(F)F. The van der Waals surface area contributed by atoms with Crippen molar-refractivity contribution >= 4 is 0 Å². The Morgan fingerprint density at radius 3 is 2.67 bits per heavy atom. The molecule has 0 fully saturated rings. The average Bonchev–Trinajstić information content (AvgIpc) is 2.68. The molecule has 1 rings (SSSR count). The maximum absolute atomic E-state index is 12.1. The predicted molar refractivity (Wildman–Crippen MR) is 59.3 cm³/mol. The van der Waals surface area contributed by atoms with Gasteiger partial charge in [-0.25, -0.2) is 0 Å². The third-order valence-corrected chi connectivity index (χ3v) is 2.52. The van der Waals surface area contributed by atoms with E-state index in [0.717, 1.165) is 6.42 Å². The molecule has 0 aliphatic heterocycles. The highest BCUT2D eigenvalue weighted by Gasteiger charge is 2.30. The van der Waals surface area contributed by atoms with Gasteiger partial charge in [0, 0.05) is 13.0 Å². The number of nitrogens with zero attached hydrogens (tertiary/aromatic N) is 2. The van der Waals surface area contributed by atoms with Gasteiger partial charge in [0.2, 0.25) is 0 Å². The normalized spacial score (nSPS) is 13.7. The van der Waals surface area contributed by atoms with Gasteiger partial charge in [-0.2, -0.15) is 18.3 Å². The van der Waals surface area contributed by atoms with E-state index in [1.807, 2.05) is 6.92 Å². The molecule has 0 bridgehead atoms. The van der Waals surface area contributed by atoms with Crippen molar-refractivity contribution in [2.45, 2.75) is 45.0 Å².